The van der Waals surface area contributed by atoms with Crippen LogP contribution in [-0.4, -0.2) is 23.5 Å². The van der Waals surface area contributed by atoms with Crippen LogP contribution in [0.15, 0.2) is 24.3 Å². The van der Waals surface area contributed by atoms with Crippen LogP contribution in [0.4, 0.5) is 0 Å². The van der Waals surface area contributed by atoms with Crippen molar-refractivity contribution >= 4 is 11.9 Å². The van der Waals surface area contributed by atoms with Crippen LogP contribution in [0.1, 0.15) is 104 Å². The van der Waals surface area contributed by atoms with Gasteiger partial charge in [-0.25, -0.2) is 0 Å². The molecule has 0 heterocycles. The van der Waals surface area contributed by atoms with E-state index >= 15 is 0 Å². The van der Waals surface area contributed by atoms with Gasteiger partial charge in [0.1, 0.15) is 0 Å². The molecule has 0 aromatic heterocycles. The van der Waals surface area contributed by atoms with Gasteiger partial charge in [0.2, 0.25) is 5.91 Å². The number of carbonyl (C=O) groups is 2. The van der Waals surface area contributed by atoms with E-state index in [1.807, 2.05) is 0 Å². The van der Waals surface area contributed by atoms with E-state index in [0.717, 1.165) is 12.8 Å². The van der Waals surface area contributed by atoms with E-state index in [1.54, 1.807) is 19.1 Å². The van der Waals surface area contributed by atoms with Gasteiger partial charge < -0.3 is 15.2 Å². The Bertz CT molecular complexity index is 617. The molecule has 0 saturated heterocycles. The molecular weight excluding hydrogens is 390 g/mol. The van der Waals surface area contributed by atoms with E-state index in [2.05, 4.69) is 12.2 Å². The third kappa shape index (κ3) is 13.8. The van der Waals surface area contributed by atoms with Gasteiger partial charge in [-0.2, -0.15) is 0 Å². The summed E-state index contributed by atoms with van der Waals surface area (Å²) in [7, 11) is 0. The molecule has 5 nitrogen and oxygen atoms in total. The van der Waals surface area contributed by atoms with E-state index < -0.39 is 11.9 Å². The van der Waals surface area contributed by atoms with Crippen molar-refractivity contribution in [3.8, 4) is 11.5 Å². The Kier molecular flexibility index (Phi) is 15.3. The van der Waals surface area contributed by atoms with Gasteiger partial charge >= 0.3 is 5.97 Å². The number of phenolic OH excluding ortho intramolecular Hbond substituents is 1. The molecule has 31 heavy (non-hydrogen) atoms. The van der Waals surface area contributed by atoms with Crippen molar-refractivity contribution in [2.75, 3.05) is 6.54 Å². The lowest BCUT2D eigenvalue weighted by Gasteiger charge is -2.13. The zero-order valence-corrected chi connectivity index (χ0v) is 19.7. The monoisotopic (exact) mass is 433 g/mol. The molecule has 1 amide bonds. The number of hydrogen-bond donors (Lipinski definition) is 2. The Hall–Kier alpha value is -2.04. The summed E-state index contributed by atoms with van der Waals surface area (Å²) in [4.78, 5) is 24.1. The highest BCUT2D eigenvalue weighted by Crippen LogP contribution is 2.25. The van der Waals surface area contributed by atoms with Crippen LogP contribution < -0.4 is 10.1 Å². The molecule has 1 unspecified atom stereocenters. The molecule has 0 radical (unpaired) electrons. The minimum Gasteiger partial charge on any atom is -0.504 e. The number of para-hydroxylation sites is 2. The average molecular weight is 434 g/mol. The van der Waals surface area contributed by atoms with Gasteiger partial charge in [0, 0.05) is 13.0 Å². The third-order valence-corrected chi connectivity index (χ3v) is 5.59. The number of nitrogens with one attached hydrogen (secondary N) is 1. The van der Waals surface area contributed by atoms with Crippen LogP contribution in [0.3, 0.4) is 0 Å². The third-order valence-electron chi connectivity index (χ3n) is 5.59. The van der Waals surface area contributed by atoms with Crippen molar-refractivity contribution in [2.45, 2.75) is 104 Å². The fourth-order valence-corrected chi connectivity index (χ4v) is 3.49. The topological polar surface area (TPSA) is 75.6 Å². The minimum absolute atomic E-state index is 0.0229. The summed E-state index contributed by atoms with van der Waals surface area (Å²) in [6.07, 6.45) is 17.2. The summed E-state index contributed by atoms with van der Waals surface area (Å²) in [6.45, 7) is 4.20. The van der Waals surface area contributed by atoms with Gasteiger partial charge in [0.15, 0.2) is 11.5 Å². The molecule has 1 aromatic carbocycles. The summed E-state index contributed by atoms with van der Waals surface area (Å²) in [5, 5.41) is 12.5. The summed E-state index contributed by atoms with van der Waals surface area (Å²) < 4.78 is 5.18. The van der Waals surface area contributed by atoms with E-state index in [9.17, 15) is 14.7 Å². The van der Waals surface area contributed by atoms with Crippen LogP contribution in [-0.2, 0) is 9.59 Å². The number of amides is 1. The van der Waals surface area contributed by atoms with Crippen molar-refractivity contribution in [3.63, 3.8) is 0 Å². The van der Waals surface area contributed by atoms with Gasteiger partial charge in [-0.15, -0.1) is 0 Å². The molecule has 0 spiro atoms. The number of esters is 1. The second kappa shape index (κ2) is 17.6. The molecule has 0 aliphatic heterocycles. The quantitative estimate of drug-likeness (QED) is 0.157. The maximum atomic E-state index is 12.1. The lowest BCUT2D eigenvalue weighted by molar-refractivity contribution is -0.138. The number of rotatable bonds is 18. The van der Waals surface area contributed by atoms with Crippen molar-refractivity contribution in [2.24, 2.45) is 5.92 Å². The number of ether oxygens (including phenoxy) is 1. The molecule has 0 bridgehead atoms. The maximum Gasteiger partial charge on any atom is 0.315 e. The Morgan fingerprint density at radius 2 is 1.39 bits per heavy atom. The van der Waals surface area contributed by atoms with Gasteiger partial charge in [0.05, 0.1) is 5.92 Å². The van der Waals surface area contributed by atoms with Gasteiger partial charge in [0.25, 0.3) is 0 Å². The predicted octanol–water partition coefficient (Wildman–Crippen LogP) is 6.53. The molecule has 5 heteroatoms. The Balaban J connectivity index is 1.96. The first-order valence-electron chi connectivity index (χ1n) is 12.3. The molecule has 0 aliphatic rings. The number of carbonyl (C=O) groups excluding carboxylic acids is 2. The lowest BCUT2D eigenvalue weighted by Crippen LogP contribution is -2.33. The highest BCUT2D eigenvalue weighted by atomic mass is 16.5. The molecule has 0 fully saturated rings. The summed E-state index contributed by atoms with van der Waals surface area (Å²) in [6, 6.07) is 6.34. The number of aromatic hydroxyl groups is 1. The fraction of sp³-hybridized carbons (Fsp3) is 0.692. The highest BCUT2D eigenvalue weighted by Gasteiger charge is 2.17. The maximum absolute atomic E-state index is 12.1. The van der Waals surface area contributed by atoms with E-state index in [0.29, 0.717) is 6.42 Å². The van der Waals surface area contributed by atoms with Crippen molar-refractivity contribution in [1.29, 1.82) is 0 Å². The fourth-order valence-electron chi connectivity index (χ4n) is 3.49. The van der Waals surface area contributed by atoms with Crippen molar-refractivity contribution < 1.29 is 19.4 Å². The van der Waals surface area contributed by atoms with Crippen LogP contribution in [0.2, 0.25) is 0 Å². The lowest BCUT2D eigenvalue weighted by atomic mass is 10.0. The molecule has 2 N–H and O–H groups in total. The van der Waals surface area contributed by atoms with E-state index in [-0.39, 0.29) is 24.0 Å². The standard InChI is InChI=1S/C26H43NO4/c1-3-4-5-6-7-8-9-10-11-12-13-14-15-20-25(29)27-21-22(2)26(30)31-24-19-17-16-18-23(24)28/h16-19,22,28H,3-15,20-21H2,1-2H3,(H,27,29). The molecule has 176 valence electrons. The molecule has 1 rings (SSSR count). The number of hydrogen-bond acceptors (Lipinski definition) is 4. The van der Waals surface area contributed by atoms with E-state index in [4.69, 9.17) is 4.74 Å². The van der Waals surface area contributed by atoms with E-state index in [1.165, 1.54) is 82.8 Å². The van der Waals surface area contributed by atoms with Crippen LogP contribution in [0, 0.1) is 5.92 Å². The van der Waals surface area contributed by atoms with Crippen molar-refractivity contribution in [1.82, 2.24) is 5.32 Å². The second-order valence-electron chi connectivity index (χ2n) is 8.59. The van der Waals surface area contributed by atoms with Crippen LogP contribution in [0.25, 0.3) is 0 Å². The number of phenols is 1. The Labute approximate surface area is 189 Å². The summed E-state index contributed by atoms with van der Waals surface area (Å²) >= 11 is 0. The van der Waals surface area contributed by atoms with Gasteiger partial charge in [-0.05, 0) is 18.6 Å². The Morgan fingerprint density at radius 1 is 0.871 bits per heavy atom. The molecule has 1 aromatic rings. The number of benzene rings is 1. The largest absolute Gasteiger partial charge is 0.504 e. The number of unbranched alkanes of at least 4 members (excludes halogenated alkanes) is 12. The smallest absolute Gasteiger partial charge is 0.315 e. The SMILES string of the molecule is CCCCCCCCCCCCCCCC(=O)NCC(C)C(=O)Oc1ccccc1O. The summed E-state index contributed by atoms with van der Waals surface area (Å²) in [5.74, 6) is -0.907. The van der Waals surface area contributed by atoms with Crippen LogP contribution in [0.5, 0.6) is 11.5 Å². The van der Waals surface area contributed by atoms with Gasteiger partial charge in [-0.3, -0.25) is 9.59 Å². The first kappa shape index (κ1) is 27.0. The highest BCUT2D eigenvalue weighted by molar-refractivity contribution is 5.78. The summed E-state index contributed by atoms with van der Waals surface area (Å²) in [5.41, 5.74) is 0. The molecule has 0 aliphatic carbocycles. The minimum atomic E-state index is -0.477. The van der Waals surface area contributed by atoms with Gasteiger partial charge in [-0.1, -0.05) is 103 Å². The normalized spacial score (nSPS) is 11.8. The van der Waals surface area contributed by atoms with Crippen LogP contribution >= 0.6 is 0 Å². The zero-order valence-electron chi connectivity index (χ0n) is 19.7. The molecular formula is C26H43NO4. The average Bonchev–Trinajstić information content (AvgIpc) is 2.76. The Morgan fingerprint density at radius 3 is 1.94 bits per heavy atom. The molecule has 1 atom stereocenters. The zero-order chi connectivity index (χ0) is 22.7. The second-order valence-corrected chi connectivity index (χ2v) is 8.59. The predicted molar refractivity (Wildman–Crippen MR) is 126 cm³/mol. The molecule has 0 saturated carbocycles. The first-order chi connectivity index (χ1) is 15.0. The first-order valence-corrected chi connectivity index (χ1v) is 12.3. The van der Waals surface area contributed by atoms with Crippen molar-refractivity contribution in [3.05, 3.63) is 24.3 Å².